The van der Waals surface area contributed by atoms with Gasteiger partial charge in [0, 0.05) is 35.6 Å². The van der Waals surface area contributed by atoms with E-state index in [1.54, 1.807) is 20.4 Å². The van der Waals surface area contributed by atoms with E-state index in [1.165, 1.54) is 0 Å². The second-order valence-electron chi connectivity index (χ2n) is 10.3. The van der Waals surface area contributed by atoms with Crippen LogP contribution in [0.1, 0.15) is 64.1 Å². The largest absolute Gasteiger partial charge is 0.493 e. The van der Waals surface area contributed by atoms with E-state index >= 15 is 0 Å². The monoisotopic (exact) mass is 514 g/mol. The van der Waals surface area contributed by atoms with Crippen molar-refractivity contribution in [2.75, 3.05) is 20.8 Å². The average molecular weight is 515 g/mol. The lowest BCUT2D eigenvalue weighted by molar-refractivity contribution is -0.113. The Morgan fingerprint density at radius 3 is 2.32 bits per heavy atom. The van der Waals surface area contributed by atoms with Gasteiger partial charge in [-0.1, -0.05) is 33.8 Å². The fraction of sp³-hybridized carbons (Fsp3) is 0.419. The Hall–Kier alpha value is -3.74. The highest BCUT2D eigenvalue weighted by molar-refractivity contribution is 6.22. The van der Waals surface area contributed by atoms with E-state index < -0.39 is 0 Å². The molecular weight excluding hydrogens is 476 g/mol. The summed E-state index contributed by atoms with van der Waals surface area (Å²) in [5.41, 5.74) is 4.26. The van der Waals surface area contributed by atoms with E-state index in [1.807, 2.05) is 70.3 Å². The summed E-state index contributed by atoms with van der Waals surface area (Å²) in [7, 11) is 3.26. The molecule has 0 N–H and O–H groups in total. The third-order valence-corrected chi connectivity index (χ3v) is 7.12. The molecular formula is C31H38N4O3. The van der Waals surface area contributed by atoms with E-state index in [4.69, 9.17) is 19.7 Å². The van der Waals surface area contributed by atoms with Crippen LogP contribution in [-0.2, 0) is 4.79 Å². The first-order chi connectivity index (χ1) is 18.3. The zero-order chi connectivity index (χ0) is 27.2. The molecule has 1 aromatic heterocycles. The Morgan fingerprint density at radius 2 is 1.71 bits per heavy atom. The van der Waals surface area contributed by atoms with Crippen LogP contribution in [0.4, 0.5) is 0 Å². The normalized spacial score (nSPS) is 18.5. The number of nitrogens with zero attached hydrogens (tertiary/aromatic N) is 4. The molecule has 1 aromatic carbocycles. The minimum Gasteiger partial charge on any atom is -0.493 e. The van der Waals surface area contributed by atoms with Crippen molar-refractivity contribution in [3.05, 3.63) is 77.2 Å². The molecule has 7 nitrogen and oxygen atoms in total. The molecule has 0 amide bonds. The molecule has 4 rings (SSSR count). The van der Waals surface area contributed by atoms with Crippen molar-refractivity contribution in [1.82, 2.24) is 9.88 Å². The van der Waals surface area contributed by atoms with Gasteiger partial charge in [0.2, 0.25) is 0 Å². The second-order valence-corrected chi connectivity index (χ2v) is 10.3. The number of likely N-dealkylation sites (tertiary alicyclic amines) is 1. The number of hydrogen-bond acceptors (Lipinski definition) is 6. The summed E-state index contributed by atoms with van der Waals surface area (Å²) in [6.45, 7) is 8.99. The maximum Gasteiger partial charge on any atom is 0.185 e. The van der Waals surface area contributed by atoms with Crippen LogP contribution in [0.5, 0.6) is 11.5 Å². The number of piperidine rings is 1. The van der Waals surface area contributed by atoms with Gasteiger partial charge in [0.25, 0.3) is 0 Å². The first-order valence-electron chi connectivity index (χ1n) is 13.4. The molecule has 2 heterocycles. The predicted molar refractivity (Wildman–Crippen MR) is 152 cm³/mol. The number of aromatic nitrogens is 1. The van der Waals surface area contributed by atoms with Gasteiger partial charge in [-0.3, -0.25) is 9.78 Å². The Labute approximate surface area is 226 Å². The Bertz CT molecular complexity index is 1250. The molecule has 2 aromatic rings. The average Bonchev–Trinajstić information content (AvgIpc) is 2.94. The quantitative estimate of drug-likeness (QED) is 0.191. The van der Waals surface area contributed by atoms with Crippen LogP contribution >= 0.6 is 0 Å². The summed E-state index contributed by atoms with van der Waals surface area (Å²) in [4.78, 5) is 19.7. The van der Waals surface area contributed by atoms with Crippen molar-refractivity contribution in [3.63, 3.8) is 0 Å². The Balaban J connectivity index is 1.86. The fourth-order valence-corrected chi connectivity index (χ4v) is 5.04. The summed E-state index contributed by atoms with van der Waals surface area (Å²) < 4.78 is 11.1. The highest BCUT2D eigenvalue weighted by Crippen LogP contribution is 2.34. The standard InChI is InChI=1S/C31H38N4O3/c1-20(2)25-17-24(18-26(21(3)4)30(25)36)33-34-31(22-12-13-28(37-5)29(16-22)38-6)35-15-8-7-11-27(35)23-10-9-14-32-19-23/h9-10,12-14,16-21,27H,7-8,11,15H2,1-6H3. The third kappa shape index (κ3) is 5.87. The number of rotatable bonds is 7. The van der Waals surface area contributed by atoms with E-state index in [9.17, 15) is 4.79 Å². The molecule has 7 heteroatoms. The second kappa shape index (κ2) is 12.2. The van der Waals surface area contributed by atoms with Gasteiger partial charge >= 0.3 is 0 Å². The minimum absolute atomic E-state index is 0.0986. The number of ketones is 1. The van der Waals surface area contributed by atoms with Gasteiger partial charge in [-0.05, 0) is 73.1 Å². The Morgan fingerprint density at radius 1 is 1.00 bits per heavy atom. The van der Waals surface area contributed by atoms with Crippen molar-refractivity contribution in [2.24, 2.45) is 22.0 Å². The minimum atomic E-state index is 0.0986. The molecule has 1 fully saturated rings. The zero-order valence-corrected chi connectivity index (χ0v) is 23.3. The molecule has 1 aliphatic heterocycles. The summed E-state index contributed by atoms with van der Waals surface area (Å²) >= 11 is 0. The molecule has 0 radical (unpaired) electrons. The van der Waals surface area contributed by atoms with E-state index in [2.05, 4.69) is 16.0 Å². The summed E-state index contributed by atoms with van der Waals surface area (Å²) in [5.74, 6) is 2.34. The van der Waals surface area contributed by atoms with Crippen molar-refractivity contribution in [3.8, 4) is 11.5 Å². The molecule has 0 bridgehead atoms. The van der Waals surface area contributed by atoms with Crippen molar-refractivity contribution < 1.29 is 14.3 Å². The van der Waals surface area contributed by atoms with Crippen LogP contribution < -0.4 is 9.47 Å². The lowest BCUT2D eigenvalue weighted by atomic mass is 9.84. The summed E-state index contributed by atoms with van der Waals surface area (Å²) in [6.07, 6.45) is 10.7. The fourth-order valence-electron chi connectivity index (χ4n) is 5.04. The smallest absolute Gasteiger partial charge is 0.185 e. The van der Waals surface area contributed by atoms with Gasteiger partial charge in [-0.25, -0.2) is 0 Å². The number of benzene rings is 1. The topological polar surface area (TPSA) is 76.4 Å². The van der Waals surface area contributed by atoms with Crippen LogP contribution in [0.3, 0.4) is 0 Å². The molecule has 38 heavy (non-hydrogen) atoms. The van der Waals surface area contributed by atoms with Gasteiger partial charge in [0.15, 0.2) is 23.1 Å². The molecule has 1 unspecified atom stereocenters. The highest BCUT2D eigenvalue weighted by atomic mass is 16.5. The van der Waals surface area contributed by atoms with Crippen molar-refractivity contribution in [2.45, 2.75) is 53.0 Å². The molecule has 200 valence electrons. The summed E-state index contributed by atoms with van der Waals surface area (Å²) in [6, 6.07) is 10.1. The number of carbonyl (C=O) groups excluding carboxylic acids is 1. The molecule has 1 atom stereocenters. The molecule has 2 aliphatic rings. The third-order valence-electron chi connectivity index (χ3n) is 7.12. The SMILES string of the molecule is COc1ccc(C(=NN=C2C=C(C(C)C)C(=O)C(C(C)C)=C2)N2CCCCC2c2cccnc2)cc1OC. The van der Waals surface area contributed by atoms with Gasteiger partial charge in [-0.2, -0.15) is 0 Å². The number of methoxy groups -OCH3 is 2. The number of Topliss-reactive ketones (excluding diaryl/α,β-unsaturated/α-hetero) is 1. The lowest BCUT2D eigenvalue weighted by Gasteiger charge is -2.38. The molecule has 1 aliphatic carbocycles. The van der Waals surface area contributed by atoms with Gasteiger partial charge in [0.05, 0.1) is 26.0 Å². The van der Waals surface area contributed by atoms with Crippen LogP contribution in [0.25, 0.3) is 0 Å². The molecule has 1 saturated heterocycles. The van der Waals surface area contributed by atoms with Crippen molar-refractivity contribution in [1.29, 1.82) is 0 Å². The highest BCUT2D eigenvalue weighted by Gasteiger charge is 2.29. The number of amidine groups is 1. The summed E-state index contributed by atoms with van der Waals surface area (Å²) in [5, 5.41) is 9.61. The van der Waals surface area contributed by atoms with Gasteiger partial charge in [0.1, 0.15) is 0 Å². The van der Waals surface area contributed by atoms with Gasteiger partial charge < -0.3 is 14.4 Å². The van der Waals surface area contributed by atoms with Gasteiger partial charge in [-0.15, -0.1) is 10.2 Å². The van der Waals surface area contributed by atoms with Crippen LogP contribution in [0.15, 0.2) is 76.2 Å². The maximum absolute atomic E-state index is 13.0. The van der Waals surface area contributed by atoms with E-state index in [0.29, 0.717) is 17.2 Å². The van der Waals surface area contributed by atoms with E-state index in [0.717, 1.165) is 53.9 Å². The maximum atomic E-state index is 13.0. The number of allylic oxidation sites excluding steroid dienone is 4. The zero-order valence-electron chi connectivity index (χ0n) is 23.3. The lowest BCUT2D eigenvalue weighted by Crippen LogP contribution is -2.39. The van der Waals surface area contributed by atoms with Crippen LogP contribution in [-0.4, -0.2) is 48.0 Å². The number of carbonyl (C=O) groups is 1. The van der Waals surface area contributed by atoms with E-state index in [-0.39, 0.29) is 23.7 Å². The number of pyridine rings is 1. The van der Waals surface area contributed by atoms with Crippen LogP contribution in [0, 0.1) is 11.8 Å². The molecule has 0 saturated carbocycles. The molecule has 0 spiro atoms. The first kappa shape index (κ1) is 27.3. The number of ether oxygens (including phenoxy) is 2. The predicted octanol–water partition coefficient (Wildman–Crippen LogP) is 6.18. The van der Waals surface area contributed by atoms with Crippen LogP contribution in [0.2, 0.25) is 0 Å². The Kier molecular flexibility index (Phi) is 8.77. The number of hydrogen-bond donors (Lipinski definition) is 0. The van der Waals surface area contributed by atoms with Crippen molar-refractivity contribution >= 4 is 17.3 Å². The first-order valence-corrected chi connectivity index (χ1v) is 13.4.